The molecule has 2 fully saturated rings. The van der Waals surface area contributed by atoms with Crippen molar-refractivity contribution >= 4 is 49.3 Å². The summed E-state index contributed by atoms with van der Waals surface area (Å²) in [5, 5.41) is 12.5. The molecule has 3 aromatic rings. The van der Waals surface area contributed by atoms with Crippen LogP contribution in [0.1, 0.15) is 38.5 Å². The molecule has 5 rings (SSSR count). The van der Waals surface area contributed by atoms with E-state index in [2.05, 4.69) is 20.6 Å². The van der Waals surface area contributed by atoms with Gasteiger partial charge in [0.2, 0.25) is 21.8 Å². The molecule has 3 heterocycles. The number of benzene rings is 1. The molecule has 13 heteroatoms. The van der Waals surface area contributed by atoms with Crippen LogP contribution in [0.3, 0.4) is 0 Å². The van der Waals surface area contributed by atoms with Gasteiger partial charge in [-0.25, -0.2) is 18.0 Å². The molecule has 0 bridgehead atoms. The molecule has 1 unspecified atom stereocenters. The molecule has 1 atom stereocenters. The number of carbonyl (C=O) groups is 2. The highest BCUT2D eigenvalue weighted by Gasteiger charge is 2.40. The maximum atomic E-state index is 13.3. The number of rotatable bonds is 7. The number of fused-ring (bicyclic) bond motifs is 1. The maximum absolute atomic E-state index is 13.3. The van der Waals surface area contributed by atoms with Crippen LogP contribution < -0.4 is 5.32 Å². The molecule has 11 nitrogen and oxygen atoms in total. The average molecular weight is 519 g/mol. The van der Waals surface area contributed by atoms with E-state index in [-0.39, 0.29) is 36.0 Å². The van der Waals surface area contributed by atoms with Crippen LogP contribution in [0.2, 0.25) is 0 Å². The Bertz CT molecular complexity index is 1300. The number of nitrogens with one attached hydrogen (secondary N) is 1. The first kappa shape index (κ1) is 23.8. The predicted octanol–water partition coefficient (Wildman–Crippen LogP) is 2.49. The van der Waals surface area contributed by atoms with Crippen molar-refractivity contribution in [2.24, 2.45) is 5.92 Å². The Morgan fingerprint density at radius 1 is 1.20 bits per heavy atom. The highest BCUT2D eigenvalue weighted by atomic mass is 32.2. The summed E-state index contributed by atoms with van der Waals surface area (Å²) in [4.78, 5) is 32.1. The number of piperazine rings is 1. The maximum Gasteiger partial charge on any atom is 0.248 e. The van der Waals surface area contributed by atoms with Gasteiger partial charge in [0, 0.05) is 24.7 Å². The first-order chi connectivity index (χ1) is 16.9. The summed E-state index contributed by atoms with van der Waals surface area (Å²) in [5.74, 6) is -0.336. The van der Waals surface area contributed by atoms with E-state index in [1.165, 1.54) is 28.7 Å². The number of carbonyl (C=O) groups excluding carboxylic acids is 2. The molecular formula is C22H26N6O5S2. The number of thiazole rings is 1. The van der Waals surface area contributed by atoms with E-state index in [9.17, 15) is 18.0 Å². The van der Waals surface area contributed by atoms with Crippen LogP contribution in [-0.4, -0.2) is 70.4 Å². The van der Waals surface area contributed by atoms with Crippen LogP contribution in [0, 0.1) is 5.92 Å². The Labute approximate surface area is 206 Å². The molecule has 1 saturated carbocycles. The molecule has 1 saturated heterocycles. The van der Waals surface area contributed by atoms with E-state index in [4.69, 9.17) is 4.63 Å². The normalized spacial score (nSPS) is 19.2. The van der Waals surface area contributed by atoms with Gasteiger partial charge in [0.1, 0.15) is 16.5 Å². The molecule has 2 aromatic heterocycles. The fourth-order valence-electron chi connectivity index (χ4n) is 4.92. The zero-order chi connectivity index (χ0) is 24.4. The second-order valence-electron chi connectivity index (χ2n) is 8.90. The molecule has 2 amide bonds. The van der Waals surface area contributed by atoms with Crippen molar-refractivity contribution in [2.75, 3.05) is 25.0 Å². The number of sulfonamides is 1. The Morgan fingerprint density at radius 2 is 2.03 bits per heavy atom. The molecule has 1 aromatic carbocycles. The van der Waals surface area contributed by atoms with Gasteiger partial charge < -0.3 is 10.2 Å². The Balaban J connectivity index is 1.35. The van der Waals surface area contributed by atoms with E-state index >= 15 is 0 Å². The molecular weight excluding hydrogens is 492 g/mol. The number of anilines is 1. The first-order valence-electron chi connectivity index (χ1n) is 11.6. The van der Waals surface area contributed by atoms with Crippen molar-refractivity contribution in [3.05, 3.63) is 29.8 Å². The zero-order valence-electron chi connectivity index (χ0n) is 19.0. The van der Waals surface area contributed by atoms with Gasteiger partial charge in [-0.2, -0.15) is 4.31 Å². The monoisotopic (exact) mass is 518 g/mol. The van der Waals surface area contributed by atoms with E-state index in [0.29, 0.717) is 23.0 Å². The van der Waals surface area contributed by atoms with E-state index in [0.717, 1.165) is 30.0 Å². The molecule has 186 valence electrons. The largest absolute Gasteiger partial charge is 0.328 e. The van der Waals surface area contributed by atoms with Gasteiger partial charge in [-0.3, -0.25) is 9.59 Å². The summed E-state index contributed by atoms with van der Waals surface area (Å²) >= 11 is 1.31. The quantitative estimate of drug-likeness (QED) is 0.503. The van der Waals surface area contributed by atoms with Crippen molar-refractivity contribution in [1.29, 1.82) is 0 Å². The fraction of sp³-hybridized carbons (Fsp3) is 0.500. The number of nitrogens with zero attached hydrogens (tertiary/aromatic N) is 5. The number of amides is 2. The lowest BCUT2D eigenvalue weighted by Gasteiger charge is -2.39. The molecule has 0 radical (unpaired) electrons. The predicted molar refractivity (Wildman–Crippen MR) is 128 cm³/mol. The van der Waals surface area contributed by atoms with Gasteiger partial charge in [0.05, 0.1) is 6.54 Å². The van der Waals surface area contributed by atoms with Gasteiger partial charge in [0.25, 0.3) is 0 Å². The van der Waals surface area contributed by atoms with Crippen LogP contribution in [-0.2, 0) is 19.6 Å². The van der Waals surface area contributed by atoms with Crippen LogP contribution in [0.25, 0.3) is 11.0 Å². The lowest BCUT2D eigenvalue weighted by atomic mass is 9.84. The summed E-state index contributed by atoms with van der Waals surface area (Å²) < 4.78 is 32.5. The summed E-state index contributed by atoms with van der Waals surface area (Å²) in [6, 6.07) is 3.90. The molecule has 1 N–H and O–H groups in total. The number of hydrogen-bond donors (Lipinski definition) is 1. The van der Waals surface area contributed by atoms with Crippen molar-refractivity contribution in [2.45, 2.75) is 49.5 Å². The average Bonchev–Trinajstić information content (AvgIpc) is 3.55. The highest BCUT2D eigenvalue weighted by Crippen LogP contribution is 2.31. The van der Waals surface area contributed by atoms with E-state index in [1.54, 1.807) is 23.7 Å². The summed E-state index contributed by atoms with van der Waals surface area (Å²) in [6.45, 7) is -0.162. The van der Waals surface area contributed by atoms with Crippen molar-refractivity contribution in [3.8, 4) is 0 Å². The summed E-state index contributed by atoms with van der Waals surface area (Å²) in [5.41, 5.74) is 0.447. The minimum Gasteiger partial charge on any atom is -0.328 e. The van der Waals surface area contributed by atoms with E-state index < -0.39 is 22.0 Å². The van der Waals surface area contributed by atoms with Gasteiger partial charge in [-0.15, -0.1) is 11.3 Å². The summed E-state index contributed by atoms with van der Waals surface area (Å²) in [6.07, 6.45) is 7.64. The second kappa shape index (κ2) is 9.99. The number of hydrogen-bond acceptors (Lipinski definition) is 9. The van der Waals surface area contributed by atoms with Crippen LogP contribution in [0.5, 0.6) is 0 Å². The number of aromatic nitrogens is 3. The van der Waals surface area contributed by atoms with Gasteiger partial charge in [-0.05, 0) is 34.8 Å². The van der Waals surface area contributed by atoms with Gasteiger partial charge in [0.15, 0.2) is 10.6 Å². The summed E-state index contributed by atoms with van der Waals surface area (Å²) in [7, 11) is -4.01. The van der Waals surface area contributed by atoms with Gasteiger partial charge in [-0.1, -0.05) is 38.2 Å². The second-order valence-corrected chi connectivity index (χ2v) is 11.7. The molecule has 1 aliphatic heterocycles. The van der Waals surface area contributed by atoms with Crippen LogP contribution in [0.4, 0.5) is 5.13 Å². The molecule has 1 aliphatic carbocycles. The standard InChI is InChI=1S/C22H26N6O5S2/c29-19-14-27(35(31,32)18-8-4-7-16-20(18)26-33-25-16)10-11-28(19)17(13-15-5-2-1-3-6-15)21(30)24-22-23-9-12-34-22/h4,7-9,12,15,17H,1-3,5-6,10-11,13-14H2,(H,23,24,30). The van der Waals surface area contributed by atoms with Crippen LogP contribution in [0.15, 0.2) is 39.3 Å². The van der Waals surface area contributed by atoms with E-state index in [1.807, 2.05) is 0 Å². The zero-order valence-corrected chi connectivity index (χ0v) is 20.6. The molecule has 0 spiro atoms. The lowest BCUT2D eigenvalue weighted by Crippen LogP contribution is -2.58. The smallest absolute Gasteiger partial charge is 0.248 e. The Kier molecular flexibility index (Phi) is 6.80. The third-order valence-corrected chi connectivity index (χ3v) is 9.28. The van der Waals surface area contributed by atoms with Crippen LogP contribution >= 0.6 is 11.3 Å². The topological polar surface area (TPSA) is 139 Å². The minimum atomic E-state index is -4.01. The molecule has 2 aliphatic rings. The third kappa shape index (κ3) is 4.93. The highest BCUT2D eigenvalue weighted by molar-refractivity contribution is 7.89. The SMILES string of the molecule is O=C(Nc1nccs1)C(CC1CCCCC1)N1CCN(S(=O)(=O)c2cccc3nonc23)CC1=O. The first-order valence-corrected chi connectivity index (χ1v) is 14.0. The van der Waals surface area contributed by atoms with Crippen molar-refractivity contribution < 1.29 is 22.6 Å². The fourth-order valence-corrected chi connectivity index (χ4v) is 6.97. The van der Waals surface area contributed by atoms with Gasteiger partial charge >= 0.3 is 0 Å². The Hall–Kier alpha value is -2.90. The molecule has 35 heavy (non-hydrogen) atoms. The minimum absolute atomic E-state index is 0.0576. The Morgan fingerprint density at radius 3 is 2.77 bits per heavy atom. The third-order valence-electron chi connectivity index (χ3n) is 6.71. The van der Waals surface area contributed by atoms with Crippen molar-refractivity contribution in [1.82, 2.24) is 24.5 Å². The van der Waals surface area contributed by atoms with Crippen molar-refractivity contribution in [3.63, 3.8) is 0 Å². The lowest BCUT2D eigenvalue weighted by molar-refractivity contribution is -0.142.